The molecule has 0 saturated heterocycles. The highest BCUT2D eigenvalue weighted by molar-refractivity contribution is 9.08. The maximum absolute atomic E-state index is 4.57. The molecule has 1 aromatic heterocycles. The number of alkyl halides is 1. The van der Waals surface area contributed by atoms with E-state index in [1.165, 1.54) is 5.56 Å². The van der Waals surface area contributed by atoms with Gasteiger partial charge in [-0.05, 0) is 5.56 Å². The SMILES string of the molecule is Br.BrCc1ccccc1-c1nc(-c2ccccc2)n[nH]1. The van der Waals surface area contributed by atoms with E-state index < -0.39 is 0 Å². The molecule has 2 aromatic carbocycles. The number of benzene rings is 2. The van der Waals surface area contributed by atoms with Gasteiger partial charge in [0.15, 0.2) is 11.6 Å². The second-order valence-electron chi connectivity index (χ2n) is 4.16. The van der Waals surface area contributed by atoms with Crippen molar-refractivity contribution in [2.45, 2.75) is 5.33 Å². The fraction of sp³-hybridized carbons (Fsp3) is 0.0667. The molecule has 0 spiro atoms. The Morgan fingerprint density at radius 2 is 1.65 bits per heavy atom. The van der Waals surface area contributed by atoms with Crippen LogP contribution in [0.25, 0.3) is 22.8 Å². The summed E-state index contributed by atoms with van der Waals surface area (Å²) in [5, 5.41) is 8.10. The number of hydrogen-bond acceptors (Lipinski definition) is 2. The van der Waals surface area contributed by atoms with Crippen molar-refractivity contribution in [3.63, 3.8) is 0 Å². The minimum Gasteiger partial charge on any atom is -0.259 e. The Labute approximate surface area is 136 Å². The Bertz CT molecular complexity index is 680. The van der Waals surface area contributed by atoms with Crippen LogP contribution in [0.1, 0.15) is 5.56 Å². The Kier molecular flexibility index (Phi) is 5.09. The maximum atomic E-state index is 4.57. The number of H-pyrrole nitrogens is 1. The molecule has 20 heavy (non-hydrogen) atoms. The van der Waals surface area contributed by atoms with Gasteiger partial charge in [0.1, 0.15) is 0 Å². The predicted octanol–water partition coefficient (Wildman–Crippen LogP) is 4.61. The third-order valence-electron chi connectivity index (χ3n) is 2.93. The molecule has 102 valence electrons. The molecule has 3 rings (SSSR count). The van der Waals surface area contributed by atoms with E-state index in [4.69, 9.17) is 0 Å². The molecule has 0 atom stereocenters. The zero-order chi connectivity index (χ0) is 13.1. The molecule has 0 unspecified atom stereocenters. The van der Waals surface area contributed by atoms with Gasteiger partial charge in [0.05, 0.1) is 0 Å². The lowest BCUT2D eigenvalue weighted by Crippen LogP contribution is -1.87. The van der Waals surface area contributed by atoms with Crippen molar-refractivity contribution >= 4 is 32.9 Å². The summed E-state index contributed by atoms with van der Waals surface area (Å²) >= 11 is 3.50. The van der Waals surface area contributed by atoms with Gasteiger partial charge >= 0.3 is 0 Å². The summed E-state index contributed by atoms with van der Waals surface area (Å²) in [6.07, 6.45) is 0. The van der Waals surface area contributed by atoms with Gasteiger partial charge in [-0.15, -0.1) is 17.0 Å². The van der Waals surface area contributed by atoms with E-state index in [2.05, 4.69) is 37.2 Å². The monoisotopic (exact) mass is 393 g/mol. The van der Waals surface area contributed by atoms with Crippen LogP contribution in [0.3, 0.4) is 0 Å². The average Bonchev–Trinajstić information content (AvgIpc) is 2.98. The van der Waals surface area contributed by atoms with Gasteiger partial charge in [0.2, 0.25) is 0 Å². The lowest BCUT2D eigenvalue weighted by Gasteiger charge is -2.02. The molecule has 3 aromatic rings. The molecule has 1 heterocycles. The van der Waals surface area contributed by atoms with Crippen LogP contribution in [0.15, 0.2) is 54.6 Å². The average molecular weight is 395 g/mol. The molecule has 3 nitrogen and oxygen atoms in total. The van der Waals surface area contributed by atoms with E-state index in [9.17, 15) is 0 Å². The first-order valence-electron chi connectivity index (χ1n) is 6.00. The molecule has 5 heteroatoms. The molecule has 0 amide bonds. The summed E-state index contributed by atoms with van der Waals surface area (Å²) < 4.78 is 0. The zero-order valence-corrected chi connectivity index (χ0v) is 13.9. The van der Waals surface area contributed by atoms with Crippen molar-refractivity contribution in [2.24, 2.45) is 0 Å². The summed E-state index contributed by atoms with van der Waals surface area (Å²) in [5.74, 6) is 1.52. The second-order valence-corrected chi connectivity index (χ2v) is 4.73. The van der Waals surface area contributed by atoms with E-state index >= 15 is 0 Å². The van der Waals surface area contributed by atoms with Crippen molar-refractivity contribution in [1.29, 1.82) is 0 Å². The minimum atomic E-state index is 0. The lowest BCUT2D eigenvalue weighted by atomic mass is 10.1. The van der Waals surface area contributed by atoms with Crippen LogP contribution < -0.4 is 0 Å². The Morgan fingerprint density at radius 1 is 0.950 bits per heavy atom. The molecule has 0 aliphatic heterocycles. The number of rotatable bonds is 3. The highest BCUT2D eigenvalue weighted by Crippen LogP contribution is 2.24. The van der Waals surface area contributed by atoms with Gasteiger partial charge in [-0.2, -0.15) is 5.10 Å². The Hall–Kier alpha value is -1.46. The first-order chi connectivity index (χ1) is 9.38. The highest BCUT2D eigenvalue weighted by Gasteiger charge is 2.10. The van der Waals surface area contributed by atoms with Gasteiger partial charge in [-0.25, -0.2) is 4.98 Å². The summed E-state index contributed by atoms with van der Waals surface area (Å²) in [6.45, 7) is 0. The van der Waals surface area contributed by atoms with E-state index in [0.717, 1.165) is 28.1 Å². The van der Waals surface area contributed by atoms with Crippen molar-refractivity contribution in [2.75, 3.05) is 0 Å². The zero-order valence-electron chi connectivity index (χ0n) is 10.6. The van der Waals surface area contributed by atoms with Crippen LogP contribution in [-0.2, 0) is 5.33 Å². The quantitative estimate of drug-likeness (QED) is 0.659. The van der Waals surface area contributed by atoms with E-state index in [1.54, 1.807) is 0 Å². The number of nitrogens with zero attached hydrogens (tertiary/aromatic N) is 2. The molecular formula is C15H13Br2N3. The van der Waals surface area contributed by atoms with Crippen molar-refractivity contribution in [1.82, 2.24) is 15.2 Å². The second kappa shape index (κ2) is 6.81. The normalized spacial score (nSPS) is 10.1. The van der Waals surface area contributed by atoms with E-state index in [0.29, 0.717) is 0 Å². The van der Waals surface area contributed by atoms with Gasteiger partial charge in [-0.3, -0.25) is 5.10 Å². The van der Waals surface area contributed by atoms with E-state index in [1.807, 2.05) is 48.5 Å². The van der Waals surface area contributed by atoms with Crippen molar-refractivity contribution in [3.05, 3.63) is 60.2 Å². The van der Waals surface area contributed by atoms with Crippen LogP contribution in [0.2, 0.25) is 0 Å². The van der Waals surface area contributed by atoms with Crippen molar-refractivity contribution < 1.29 is 0 Å². The summed E-state index contributed by atoms with van der Waals surface area (Å²) in [7, 11) is 0. The summed E-state index contributed by atoms with van der Waals surface area (Å²) in [6, 6.07) is 18.1. The number of nitrogens with one attached hydrogen (secondary N) is 1. The van der Waals surface area contributed by atoms with E-state index in [-0.39, 0.29) is 17.0 Å². The molecular weight excluding hydrogens is 382 g/mol. The standard InChI is InChI=1S/C15H12BrN3.BrH/c16-10-12-8-4-5-9-13(12)15-17-14(18-19-15)11-6-2-1-3-7-11;/h1-9H,10H2,(H,17,18,19);1H. The Balaban J connectivity index is 0.00000147. The third-order valence-corrected chi connectivity index (χ3v) is 3.54. The van der Waals surface area contributed by atoms with Crippen LogP contribution in [0, 0.1) is 0 Å². The lowest BCUT2D eigenvalue weighted by molar-refractivity contribution is 1.10. The molecule has 0 radical (unpaired) electrons. The van der Waals surface area contributed by atoms with Crippen LogP contribution in [0.4, 0.5) is 0 Å². The smallest absolute Gasteiger partial charge is 0.181 e. The largest absolute Gasteiger partial charge is 0.259 e. The van der Waals surface area contributed by atoms with Crippen LogP contribution in [0.5, 0.6) is 0 Å². The number of halogens is 2. The Morgan fingerprint density at radius 3 is 2.40 bits per heavy atom. The fourth-order valence-electron chi connectivity index (χ4n) is 1.97. The molecule has 0 bridgehead atoms. The van der Waals surface area contributed by atoms with Crippen molar-refractivity contribution in [3.8, 4) is 22.8 Å². The first-order valence-corrected chi connectivity index (χ1v) is 7.12. The number of aromatic nitrogens is 3. The molecule has 0 fully saturated rings. The third kappa shape index (κ3) is 2.99. The number of aromatic amines is 1. The first kappa shape index (κ1) is 14.9. The van der Waals surface area contributed by atoms with Gasteiger partial charge in [0.25, 0.3) is 0 Å². The molecule has 0 aliphatic carbocycles. The van der Waals surface area contributed by atoms with Crippen LogP contribution in [-0.4, -0.2) is 15.2 Å². The molecule has 0 aliphatic rings. The summed E-state index contributed by atoms with van der Waals surface area (Å²) in [5.41, 5.74) is 3.29. The predicted molar refractivity (Wildman–Crippen MR) is 90.2 cm³/mol. The van der Waals surface area contributed by atoms with Gasteiger partial charge < -0.3 is 0 Å². The fourth-order valence-corrected chi connectivity index (χ4v) is 2.46. The summed E-state index contributed by atoms with van der Waals surface area (Å²) in [4.78, 5) is 4.57. The van der Waals surface area contributed by atoms with Gasteiger partial charge in [0, 0.05) is 16.5 Å². The molecule has 1 N–H and O–H groups in total. The highest BCUT2D eigenvalue weighted by atomic mass is 79.9. The van der Waals surface area contributed by atoms with Crippen LogP contribution >= 0.6 is 32.9 Å². The maximum Gasteiger partial charge on any atom is 0.181 e. The minimum absolute atomic E-state index is 0. The number of hydrogen-bond donors (Lipinski definition) is 1. The van der Waals surface area contributed by atoms with Gasteiger partial charge in [-0.1, -0.05) is 70.5 Å². The molecule has 0 saturated carbocycles. The topological polar surface area (TPSA) is 41.6 Å².